The predicted octanol–water partition coefficient (Wildman–Crippen LogP) is 0.600. The number of carbonyl (C=O) groups excluding carboxylic acids is 3. The number of carbonyl (C=O) groups is 5. The first-order valence-electron chi connectivity index (χ1n) is 11.9. The maximum Gasteiger partial charge on any atom is 0.409 e. The highest BCUT2D eigenvalue weighted by atomic mass is 16.6. The minimum atomic E-state index is -1.22. The standard InChI is InChI=1S/C24H29N5O9/c1-2-37-24(36)28-12-10-27(11-13-28)23(35)17(8-9-20(30)31)25-22(34)18-14-19(38-15-21(32)33)29(26-18)16-6-4-3-5-7-16/h3-7,14,17H,2,8-13,15H2,1H3,(H,25,34)(H,30,31)(H,32,33)/t17-/m0/s1. The van der Waals surface area contributed by atoms with Crippen molar-refractivity contribution >= 4 is 29.8 Å². The Morgan fingerprint density at radius 3 is 2.26 bits per heavy atom. The molecule has 38 heavy (non-hydrogen) atoms. The molecule has 3 rings (SSSR count). The van der Waals surface area contributed by atoms with Crippen molar-refractivity contribution in [3.63, 3.8) is 0 Å². The van der Waals surface area contributed by atoms with Gasteiger partial charge in [0.1, 0.15) is 6.04 Å². The highest BCUT2D eigenvalue weighted by molar-refractivity contribution is 5.96. The third-order valence-electron chi connectivity index (χ3n) is 5.62. The summed E-state index contributed by atoms with van der Waals surface area (Å²) in [5.41, 5.74) is 0.347. The van der Waals surface area contributed by atoms with E-state index in [1.165, 1.54) is 20.5 Å². The zero-order valence-corrected chi connectivity index (χ0v) is 20.7. The van der Waals surface area contributed by atoms with Gasteiger partial charge in [-0.1, -0.05) is 18.2 Å². The number of carboxylic acid groups (broad SMARTS) is 2. The number of aliphatic carboxylic acids is 2. The van der Waals surface area contributed by atoms with Crippen molar-refractivity contribution in [2.45, 2.75) is 25.8 Å². The van der Waals surface area contributed by atoms with Gasteiger partial charge in [-0.15, -0.1) is 0 Å². The molecule has 1 saturated heterocycles. The molecule has 1 atom stereocenters. The molecule has 0 unspecified atom stereocenters. The van der Waals surface area contributed by atoms with Gasteiger partial charge in [-0.05, 0) is 25.5 Å². The summed E-state index contributed by atoms with van der Waals surface area (Å²) in [4.78, 5) is 63.3. The van der Waals surface area contributed by atoms with Gasteiger partial charge in [-0.3, -0.25) is 14.4 Å². The maximum absolute atomic E-state index is 13.2. The van der Waals surface area contributed by atoms with Gasteiger partial charge in [0.15, 0.2) is 12.3 Å². The molecule has 0 bridgehead atoms. The van der Waals surface area contributed by atoms with E-state index in [1.54, 1.807) is 37.3 Å². The third kappa shape index (κ3) is 7.44. The maximum atomic E-state index is 13.2. The van der Waals surface area contributed by atoms with Gasteiger partial charge in [-0.25, -0.2) is 14.3 Å². The Kier molecular flexibility index (Phi) is 9.62. The Morgan fingerprint density at radius 1 is 1.00 bits per heavy atom. The first kappa shape index (κ1) is 28.0. The van der Waals surface area contributed by atoms with E-state index in [2.05, 4.69) is 10.4 Å². The second-order valence-corrected chi connectivity index (χ2v) is 8.27. The molecule has 14 nitrogen and oxygen atoms in total. The molecular weight excluding hydrogens is 502 g/mol. The molecule has 0 saturated carbocycles. The zero-order chi connectivity index (χ0) is 27.7. The molecule has 0 radical (unpaired) electrons. The van der Waals surface area contributed by atoms with Crippen LogP contribution < -0.4 is 10.1 Å². The lowest BCUT2D eigenvalue weighted by Crippen LogP contribution is -2.56. The lowest BCUT2D eigenvalue weighted by molar-refractivity contribution is -0.140. The smallest absolute Gasteiger partial charge is 0.409 e. The molecule has 1 aromatic carbocycles. The fourth-order valence-corrected chi connectivity index (χ4v) is 3.77. The summed E-state index contributed by atoms with van der Waals surface area (Å²) in [7, 11) is 0. The van der Waals surface area contributed by atoms with E-state index in [0.717, 1.165) is 0 Å². The highest BCUT2D eigenvalue weighted by Gasteiger charge is 2.31. The lowest BCUT2D eigenvalue weighted by Gasteiger charge is -2.35. The van der Waals surface area contributed by atoms with Crippen LogP contribution in [0, 0.1) is 0 Å². The van der Waals surface area contributed by atoms with Gasteiger partial charge in [-0.2, -0.15) is 5.10 Å². The highest BCUT2D eigenvalue weighted by Crippen LogP contribution is 2.20. The van der Waals surface area contributed by atoms with Gasteiger partial charge in [0.2, 0.25) is 11.8 Å². The third-order valence-corrected chi connectivity index (χ3v) is 5.62. The second kappa shape index (κ2) is 13.1. The number of hydrogen-bond acceptors (Lipinski definition) is 8. The lowest BCUT2D eigenvalue weighted by atomic mass is 10.1. The van der Waals surface area contributed by atoms with E-state index in [0.29, 0.717) is 5.69 Å². The molecule has 0 spiro atoms. The average molecular weight is 532 g/mol. The summed E-state index contributed by atoms with van der Waals surface area (Å²) >= 11 is 0. The molecule has 1 aromatic heterocycles. The Balaban J connectivity index is 1.76. The van der Waals surface area contributed by atoms with Crippen LogP contribution in [0.15, 0.2) is 36.4 Å². The Bertz CT molecular complexity index is 1160. The van der Waals surface area contributed by atoms with E-state index in [-0.39, 0.29) is 57.2 Å². The number of aromatic nitrogens is 2. The summed E-state index contributed by atoms with van der Waals surface area (Å²) in [5, 5.41) is 24.9. The summed E-state index contributed by atoms with van der Waals surface area (Å²) in [6.07, 6.45) is -1.02. The first-order chi connectivity index (χ1) is 18.2. The molecule has 204 valence electrons. The number of rotatable bonds is 11. The van der Waals surface area contributed by atoms with Crippen LogP contribution in [0.5, 0.6) is 5.88 Å². The Morgan fingerprint density at radius 2 is 1.66 bits per heavy atom. The Labute approximate surface area is 217 Å². The number of carboxylic acids is 2. The van der Waals surface area contributed by atoms with Crippen molar-refractivity contribution in [3.8, 4) is 11.6 Å². The second-order valence-electron chi connectivity index (χ2n) is 8.27. The molecule has 0 aliphatic carbocycles. The molecule has 3 amide bonds. The van der Waals surface area contributed by atoms with Gasteiger partial charge in [0.05, 0.1) is 12.3 Å². The molecule has 14 heteroatoms. The van der Waals surface area contributed by atoms with Gasteiger partial charge >= 0.3 is 18.0 Å². The van der Waals surface area contributed by atoms with Crippen molar-refractivity contribution in [1.82, 2.24) is 24.9 Å². The monoisotopic (exact) mass is 531 g/mol. The van der Waals surface area contributed by atoms with Crippen molar-refractivity contribution in [3.05, 3.63) is 42.1 Å². The topological polar surface area (TPSA) is 181 Å². The summed E-state index contributed by atoms with van der Waals surface area (Å²) in [6.45, 7) is 2.09. The summed E-state index contributed by atoms with van der Waals surface area (Å²) < 4.78 is 11.5. The van der Waals surface area contributed by atoms with Crippen LogP contribution in [0.25, 0.3) is 5.69 Å². The van der Waals surface area contributed by atoms with Crippen molar-refractivity contribution in [1.29, 1.82) is 0 Å². The van der Waals surface area contributed by atoms with Crippen LogP contribution in [0.2, 0.25) is 0 Å². The van der Waals surface area contributed by atoms with Crippen molar-refractivity contribution in [2.75, 3.05) is 39.4 Å². The summed E-state index contributed by atoms with van der Waals surface area (Å²) in [6, 6.07) is 8.64. The van der Waals surface area contributed by atoms with E-state index in [4.69, 9.17) is 19.7 Å². The number of nitrogens with zero attached hydrogens (tertiary/aromatic N) is 4. The quantitative estimate of drug-likeness (QED) is 0.371. The van der Waals surface area contributed by atoms with Gasteiger partial charge in [0.25, 0.3) is 5.91 Å². The summed E-state index contributed by atoms with van der Waals surface area (Å²) in [5.74, 6) is -3.63. The van der Waals surface area contributed by atoms with E-state index in [9.17, 15) is 24.0 Å². The van der Waals surface area contributed by atoms with E-state index in [1.807, 2.05) is 0 Å². The molecule has 1 aliphatic rings. The van der Waals surface area contributed by atoms with Crippen LogP contribution in [0.3, 0.4) is 0 Å². The fourth-order valence-electron chi connectivity index (χ4n) is 3.77. The number of para-hydroxylation sites is 1. The van der Waals surface area contributed by atoms with Gasteiger partial charge < -0.3 is 34.8 Å². The number of amides is 3. The number of nitrogens with one attached hydrogen (secondary N) is 1. The minimum absolute atomic E-state index is 0.00718. The number of benzene rings is 1. The predicted molar refractivity (Wildman–Crippen MR) is 130 cm³/mol. The van der Waals surface area contributed by atoms with Gasteiger partial charge in [0, 0.05) is 38.7 Å². The normalized spacial score (nSPS) is 13.9. The number of ether oxygens (including phenoxy) is 2. The minimum Gasteiger partial charge on any atom is -0.481 e. The SMILES string of the molecule is CCOC(=O)N1CCN(C(=O)[C@H](CCC(=O)O)NC(=O)c2cc(OCC(=O)O)n(-c3ccccc3)n2)CC1. The molecule has 1 fully saturated rings. The number of piperazine rings is 1. The largest absolute Gasteiger partial charge is 0.481 e. The van der Waals surface area contributed by atoms with Crippen LogP contribution in [-0.4, -0.2) is 105 Å². The molecule has 1 aliphatic heterocycles. The Hall–Kier alpha value is -4.62. The number of hydrogen-bond donors (Lipinski definition) is 3. The van der Waals surface area contributed by atoms with Crippen molar-refractivity contribution < 1.29 is 43.7 Å². The van der Waals surface area contributed by atoms with Crippen LogP contribution in [-0.2, 0) is 19.1 Å². The van der Waals surface area contributed by atoms with Crippen LogP contribution >= 0.6 is 0 Å². The van der Waals surface area contributed by atoms with E-state index < -0.39 is 42.5 Å². The zero-order valence-electron chi connectivity index (χ0n) is 20.7. The average Bonchev–Trinajstić information content (AvgIpc) is 3.34. The van der Waals surface area contributed by atoms with Crippen LogP contribution in [0.4, 0.5) is 4.79 Å². The van der Waals surface area contributed by atoms with Crippen LogP contribution in [0.1, 0.15) is 30.3 Å². The van der Waals surface area contributed by atoms with E-state index >= 15 is 0 Å². The first-order valence-corrected chi connectivity index (χ1v) is 11.9. The molecule has 3 N–H and O–H groups in total. The molecule has 2 aromatic rings. The molecule has 2 heterocycles. The molecular formula is C24H29N5O9. The fraction of sp³-hybridized carbons (Fsp3) is 0.417. The van der Waals surface area contributed by atoms with Crippen molar-refractivity contribution in [2.24, 2.45) is 0 Å².